The van der Waals surface area contributed by atoms with Crippen molar-refractivity contribution in [2.45, 2.75) is 78.6 Å². The summed E-state index contributed by atoms with van der Waals surface area (Å²) in [7, 11) is 0. The molecule has 0 amide bonds. The molecular formula is C30H39N3O4. The van der Waals surface area contributed by atoms with E-state index in [1.807, 2.05) is 43.3 Å². The molecule has 3 aliphatic rings. The van der Waals surface area contributed by atoms with Crippen LogP contribution in [-0.4, -0.2) is 44.1 Å². The minimum absolute atomic E-state index is 0.0537. The standard InChI is InChI=1S/C30H39N3O4/c1-6-28(4)16-24(37-25(35)18-33-17-22(31-32-33)21-10-8-7-9-11-21)29(5)19(2)12-14-30(20(3)27(28)36)15-13-23(34)26(29)30/h6-11,17,19-20,24,26-27,36H,1,12-16,18H2,2-5H3/t19-,20+,24-,26+,27+,28-,29+,30+/m1/s1. The molecule has 0 aliphatic heterocycles. The zero-order valence-electron chi connectivity index (χ0n) is 22.4. The predicted molar refractivity (Wildman–Crippen MR) is 140 cm³/mol. The summed E-state index contributed by atoms with van der Waals surface area (Å²) in [5, 5.41) is 20.0. The number of esters is 1. The van der Waals surface area contributed by atoms with Gasteiger partial charge in [-0.2, -0.15) is 0 Å². The molecule has 3 fully saturated rings. The molecule has 0 radical (unpaired) electrons. The van der Waals surface area contributed by atoms with Gasteiger partial charge in [0.1, 0.15) is 24.1 Å². The van der Waals surface area contributed by atoms with E-state index in [1.54, 1.807) is 6.20 Å². The van der Waals surface area contributed by atoms with Crippen LogP contribution in [0.2, 0.25) is 0 Å². The van der Waals surface area contributed by atoms with Gasteiger partial charge < -0.3 is 9.84 Å². The molecule has 7 nitrogen and oxygen atoms in total. The largest absolute Gasteiger partial charge is 0.460 e. The normalized spacial score (nSPS) is 39.4. The van der Waals surface area contributed by atoms with Crippen molar-refractivity contribution in [3.8, 4) is 11.3 Å². The molecule has 37 heavy (non-hydrogen) atoms. The number of hydrogen-bond donors (Lipinski definition) is 1. The first-order valence-electron chi connectivity index (χ1n) is 13.5. The van der Waals surface area contributed by atoms with Gasteiger partial charge in [-0.05, 0) is 42.9 Å². The summed E-state index contributed by atoms with van der Waals surface area (Å²) >= 11 is 0. The van der Waals surface area contributed by atoms with E-state index >= 15 is 0 Å². The summed E-state index contributed by atoms with van der Waals surface area (Å²) in [4.78, 5) is 26.9. The Morgan fingerprint density at radius 1 is 1.24 bits per heavy atom. The topological polar surface area (TPSA) is 94.3 Å². The molecule has 0 unspecified atom stereocenters. The Bertz CT molecular complexity index is 1190. The summed E-state index contributed by atoms with van der Waals surface area (Å²) in [6.45, 7) is 12.4. The first kappa shape index (κ1) is 25.8. The lowest BCUT2D eigenvalue weighted by Gasteiger charge is -2.61. The molecule has 0 spiro atoms. The minimum Gasteiger partial charge on any atom is -0.460 e. The second kappa shape index (κ2) is 9.19. The van der Waals surface area contributed by atoms with Crippen LogP contribution in [-0.2, 0) is 20.9 Å². The Kier molecular flexibility index (Phi) is 6.42. The zero-order chi connectivity index (χ0) is 26.6. The number of Topliss-reactive ketones (excluding diaryl/α,β-unsaturated/α-hetero) is 1. The van der Waals surface area contributed by atoms with E-state index in [4.69, 9.17) is 4.74 Å². The molecule has 0 saturated heterocycles. The van der Waals surface area contributed by atoms with Gasteiger partial charge in [-0.1, -0.05) is 69.3 Å². The Morgan fingerprint density at radius 2 is 1.97 bits per heavy atom. The van der Waals surface area contributed by atoms with Crippen LogP contribution in [0.25, 0.3) is 11.3 Å². The van der Waals surface area contributed by atoms with Crippen molar-refractivity contribution in [2.75, 3.05) is 0 Å². The molecule has 8 atom stereocenters. The number of ether oxygens (including phenoxy) is 1. The van der Waals surface area contributed by atoms with Crippen molar-refractivity contribution in [2.24, 2.45) is 34.0 Å². The van der Waals surface area contributed by atoms with Crippen molar-refractivity contribution in [1.82, 2.24) is 15.0 Å². The molecule has 1 heterocycles. The number of benzene rings is 1. The van der Waals surface area contributed by atoms with E-state index in [9.17, 15) is 14.7 Å². The van der Waals surface area contributed by atoms with Crippen LogP contribution in [0.4, 0.5) is 0 Å². The van der Waals surface area contributed by atoms with Crippen LogP contribution in [0.15, 0.2) is 49.2 Å². The molecule has 2 bridgehead atoms. The van der Waals surface area contributed by atoms with Crippen molar-refractivity contribution in [3.63, 3.8) is 0 Å². The van der Waals surface area contributed by atoms with Crippen molar-refractivity contribution >= 4 is 11.8 Å². The van der Waals surface area contributed by atoms with Gasteiger partial charge in [0.25, 0.3) is 0 Å². The minimum atomic E-state index is -0.679. The maximum Gasteiger partial charge on any atom is 0.328 e. The molecular weight excluding hydrogens is 466 g/mol. The highest BCUT2D eigenvalue weighted by Crippen LogP contribution is 2.68. The number of aliphatic hydroxyl groups excluding tert-OH is 1. The summed E-state index contributed by atoms with van der Waals surface area (Å²) in [6.07, 6.45) is 5.92. The van der Waals surface area contributed by atoms with Crippen LogP contribution < -0.4 is 0 Å². The van der Waals surface area contributed by atoms with E-state index in [-0.39, 0.29) is 35.5 Å². The van der Waals surface area contributed by atoms with E-state index < -0.39 is 29.0 Å². The highest BCUT2D eigenvalue weighted by Gasteiger charge is 2.68. The van der Waals surface area contributed by atoms with Gasteiger partial charge in [0.05, 0.1) is 12.3 Å². The maximum atomic E-state index is 13.5. The Balaban J connectivity index is 1.47. The second-order valence-corrected chi connectivity index (χ2v) is 12.2. The van der Waals surface area contributed by atoms with Gasteiger partial charge >= 0.3 is 5.97 Å². The van der Waals surface area contributed by atoms with Gasteiger partial charge in [-0.3, -0.25) is 9.59 Å². The van der Waals surface area contributed by atoms with E-state index in [1.165, 1.54) is 4.68 Å². The number of nitrogens with zero attached hydrogens (tertiary/aromatic N) is 3. The Morgan fingerprint density at radius 3 is 2.68 bits per heavy atom. The van der Waals surface area contributed by atoms with Crippen LogP contribution in [0.5, 0.6) is 0 Å². The van der Waals surface area contributed by atoms with Crippen LogP contribution in [0.3, 0.4) is 0 Å². The van der Waals surface area contributed by atoms with Crippen LogP contribution in [0, 0.1) is 34.0 Å². The molecule has 3 saturated carbocycles. The van der Waals surface area contributed by atoms with Gasteiger partial charge in [0.2, 0.25) is 0 Å². The highest BCUT2D eigenvalue weighted by atomic mass is 16.5. The van der Waals surface area contributed by atoms with Gasteiger partial charge in [0.15, 0.2) is 0 Å². The van der Waals surface area contributed by atoms with Crippen molar-refractivity contribution in [1.29, 1.82) is 0 Å². The third kappa shape index (κ3) is 3.97. The Hall–Kier alpha value is -2.80. The third-order valence-electron chi connectivity index (χ3n) is 10.5. The number of carbonyl (C=O) groups is 2. The smallest absolute Gasteiger partial charge is 0.328 e. The van der Waals surface area contributed by atoms with E-state index in [2.05, 4.69) is 37.7 Å². The molecule has 1 N–H and O–H groups in total. The van der Waals surface area contributed by atoms with E-state index in [0.717, 1.165) is 24.8 Å². The number of aromatic nitrogens is 3. The van der Waals surface area contributed by atoms with Gasteiger partial charge in [0, 0.05) is 28.7 Å². The number of hydrogen-bond acceptors (Lipinski definition) is 6. The molecule has 3 aliphatic carbocycles. The summed E-state index contributed by atoms with van der Waals surface area (Å²) in [5.74, 6) is -0.268. The molecule has 2 aromatic rings. The molecule has 1 aromatic heterocycles. The number of ketones is 1. The average molecular weight is 506 g/mol. The van der Waals surface area contributed by atoms with Crippen molar-refractivity contribution < 1.29 is 19.4 Å². The molecule has 7 heteroatoms. The lowest BCUT2D eigenvalue weighted by molar-refractivity contribution is -0.207. The molecule has 1 aromatic carbocycles. The second-order valence-electron chi connectivity index (χ2n) is 12.2. The van der Waals surface area contributed by atoms with Gasteiger partial charge in [-0.15, -0.1) is 11.7 Å². The van der Waals surface area contributed by atoms with Crippen molar-refractivity contribution in [3.05, 3.63) is 49.2 Å². The summed E-state index contributed by atoms with van der Waals surface area (Å²) in [5.41, 5.74) is 0.137. The molecule has 198 valence electrons. The van der Waals surface area contributed by atoms with E-state index in [0.29, 0.717) is 18.5 Å². The van der Waals surface area contributed by atoms with Crippen LogP contribution >= 0.6 is 0 Å². The first-order valence-corrected chi connectivity index (χ1v) is 13.5. The number of carbonyl (C=O) groups excluding carboxylic acids is 2. The van der Waals surface area contributed by atoms with Crippen LogP contribution in [0.1, 0.15) is 59.8 Å². The number of rotatable bonds is 5. The summed E-state index contributed by atoms with van der Waals surface area (Å²) < 4.78 is 7.80. The SMILES string of the molecule is C=C[C@]1(C)C[C@@H](OC(=O)Cn2cc(-c3ccccc3)nn2)[C@]2(C)[C@H](C)CC[C@]3(CCC(=O)[C@H]32)[C@@H](C)[C@@H]1O. The highest BCUT2D eigenvalue weighted by molar-refractivity contribution is 5.85. The number of aliphatic hydroxyl groups is 1. The Labute approximate surface area is 219 Å². The maximum absolute atomic E-state index is 13.5. The lowest BCUT2D eigenvalue weighted by Crippen LogP contribution is -2.63. The fourth-order valence-corrected chi connectivity index (χ4v) is 7.95. The monoisotopic (exact) mass is 505 g/mol. The summed E-state index contributed by atoms with van der Waals surface area (Å²) in [6, 6.07) is 9.68. The zero-order valence-corrected chi connectivity index (χ0v) is 22.4. The fourth-order valence-electron chi connectivity index (χ4n) is 7.95. The predicted octanol–water partition coefficient (Wildman–Crippen LogP) is 4.85. The molecule has 5 rings (SSSR count). The average Bonchev–Trinajstić information content (AvgIpc) is 3.50. The quantitative estimate of drug-likeness (QED) is 0.461. The fraction of sp³-hybridized carbons (Fsp3) is 0.600. The lowest BCUT2D eigenvalue weighted by atomic mass is 9.44. The first-order chi connectivity index (χ1) is 17.5. The third-order valence-corrected chi connectivity index (χ3v) is 10.5. The van der Waals surface area contributed by atoms with Gasteiger partial charge in [-0.25, -0.2) is 4.68 Å².